The molecule has 2 heterocycles. The molecular formula is C24H22N2O4. The zero-order valence-electron chi connectivity index (χ0n) is 16.7. The topological polar surface area (TPSA) is 69.6 Å². The van der Waals surface area contributed by atoms with Gasteiger partial charge in [0.1, 0.15) is 5.56 Å². The summed E-state index contributed by atoms with van der Waals surface area (Å²) >= 11 is 0. The number of carbonyl (C=O) groups is 1. The number of carbonyl (C=O) groups excluding carboxylic acids is 1. The minimum absolute atomic E-state index is 0.195. The number of ether oxygens (including phenoxy) is 2. The minimum Gasteiger partial charge on any atom is -0.454 e. The van der Waals surface area contributed by atoms with Crippen molar-refractivity contribution in [2.24, 2.45) is 0 Å². The first-order valence-electron chi connectivity index (χ1n) is 10.0. The summed E-state index contributed by atoms with van der Waals surface area (Å²) in [6.07, 6.45) is 3.48. The molecule has 6 nitrogen and oxygen atoms in total. The second-order valence-corrected chi connectivity index (χ2v) is 7.90. The first-order valence-corrected chi connectivity index (χ1v) is 10.0. The van der Waals surface area contributed by atoms with Gasteiger partial charge in [-0.05, 0) is 54.7 Å². The Hall–Kier alpha value is -3.54. The summed E-state index contributed by atoms with van der Waals surface area (Å²) in [5, 5.41) is 3.12. The maximum absolute atomic E-state index is 13.2. The summed E-state index contributed by atoms with van der Waals surface area (Å²) < 4.78 is 12.3. The van der Waals surface area contributed by atoms with Gasteiger partial charge in [-0.3, -0.25) is 9.59 Å². The van der Waals surface area contributed by atoms with E-state index < -0.39 is 0 Å². The molecule has 0 atom stereocenters. The van der Waals surface area contributed by atoms with Crippen LogP contribution in [0, 0.1) is 6.92 Å². The number of amides is 1. The summed E-state index contributed by atoms with van der Waals surface area (Å²) in [4.78, 5) is 26.3. The number of hydrogen-bond donors (Lipinski definition) is 1. The van der Waals surface area contributed by atoms with E-state index in [-0.39, 0.29) is 29.4 Å². The van der Waals surface area contributed by atoms with Gasteiger partial charge in [0.05, 0.1) is 12.1 Å². The van der Waals surface area contributed by atoms with Gasteiger partial charge in [0.25, 0.3) is 11.5 Å². The second kappa shape index (κ2) is 7.06. The maximum atomic E-state index is 13.2. The van der Waals surface area contributed by atoms with Crippen LogP contribution < -0.4 is 20.3 Å². The van der Waals surface area contributed by atoms with Crippen molar-refractivity contribution in [2.75, 3.05) is 6.79 Å². The van der Waals surface area contributed by atoms with Gasteiger partial charge >= 0.3 is 0 Å². The molecule has 152 valence electrons. The molecule has 1 N–H and O–H groups in total. The van der Waals surface area contributed by atoms with E-state index in [1.807, 2.05) is 54.6 Å². The SMILES string of the molecule is Cc1ccn(Cc2ccc3c(c2)OCO3)c(=O)c1C(=O)NC1(c2ccccc2)CC1. The van der Waals surface area contributed by atoms with Crippen LogP contribution in [0.1, 0.15) is 39.9 Å². The van der Waals surface area contributed by atoms with E-state index in [4.69, 9.17) is 9.47 Å². The molecule has 1 aliphatic heterocycles. The molecule has 1 aliphatic carbocycles. The lowest BCUT2D eigenvalue weighted by molar-refractivity contribution is 0.0928. The third-order valence-electron chi connectivity index (χ3n) is 5.82. The minimum atomic E-state index is -0.366. The van der Waals surface area contributed by atoms with Crippen molar-refractivity contribution < 1.29 is 14.3 Å². The number of pyridine rings is 1. The Kier molecular flexibility index (Phi) is 4.35. The highest BCUT2D eigenvalue weighted by atomic mass is 16.7. The number of aromatic nitrogens is 1. The van der Waals surface area contributed by atoms with Gasteiger partial charge in [0, 0.05) is 6.20 Å². The Labute approximate surface area is 174 Å². The predicted octanol–water partition coefficient (Wildman–Crippen LogP) is 3.35. The second-order valence-electron chi connectivity index (χ2n) is 7.90. The molecule has 30 heavy (non-hydrogen) atoms. The van der Waals surface area contributed by atoms with Crippen LogP contribution in [0.15, 0.2) is 65.6 Å². The van der Waals surface area contributed by atoms with Gasteiger partial charge in [-0.15, -0.1) is 0 Å². The van der Waals surface area contributed by atoms with Gasteiger partial charge in [-0.25, -0.2) is 0 Å². The number of aryl methyl sites for hydroxylation is 1. The molecule has 1 fully saturated rings. The lowest BCUT2D eigenvalue weighted by atomic mass is 10.0. The van der Waals surface area contributed by atoms with Crippen molar-refractivity contribution in [1.29, 1.82) is 0 Å². The van der Waals surface area contributed by atoms with Crippen molar-refractivity contribution in [3.05, 3.63) is 93.4 Å². The molecule has 0 bridgehead atoms. The molecule has 5 rings (SSSR count). The van der Waals surface area contributed by atoms with Crippen LogP contribution >= 0.6 is 0 Å². The average Bonchev–Trinajstić information content (AvgIpc) is 3.38. The zero-order valence-corrected chi connectivity index (χ0v) is 16.7. The molecule has 0 unspecified atom stereocenters. The van der Waals surface area contributed by atoms with E-state index in [1.165, 1.54) is 0 Å². The monoisotopic (exact) mass is 402 g/mol. The number of benzene rings is 2. The van der Waals surface area contributed by atoms with Crippen molar-refractivity contribution in [1.82, 2.24) is 9.88 Å². The zero-order chi connectivity index (χ0) is 20.7. The summed E-state index contributed by atoms with van der Waals surface area (Å²) in [6.45, 7) is 2.35. The van der Waals surface area contributed by atoms with E-state index in [9.17, 15) is 9.59 Å². The molecule has 1 saturated carbocycles. The van der Waals surface area contributed by atoms with Gasteiger partial charge in [0.15, 0.2) is 11.5 Å². The van der Waals surface area contributed by atoms with E-state index in [0.717, 1.165) is 24.0 Å². The molecule has 0 spiro atoms. The molecule has 0 saturated heterocycles. The van der Waals surface area contributed by atoms with Crippen molar-refractivity contribution in [3.8, 4) is 11.5 Å². The largest absolute Gasteiger partial charge is 0.454 e. The Morgan fingerprint density at radius 2 is 1.83 bits per heavy atom. The lowest BCUT2D eigenvalue weighted by Gasteiger charge is -2.19. The molecule has 6 heteroatoms. The molecule has 2 aromatic carbocycles. The molecule has 2 aliphatic rings. The fourth-order valence-electron chi connectivity index (χ4n) is 3.95. The van der Waals surface area contributed by atoms with Crippen LogP contribution in [-0.4, -0.2) is 17.3 Å². The van der Waals surface area contributed by atoms with Crippen LogP contribution in [0.4, 0.5) is 0 Å². The molecule has 1 aromatic heterocycles. The van der Waals surface area contributed by atoms with Crippen LogP contribution in [0.5, 0.6) is 11.5 Å². The number of fused-ring (bicyclic) bond motifs is 1. The average molecular weight is 402 g/mol. The van der Waals surface area contributed by atoms with E-state index in [1.54, 1.807) is 17.7 Å². The summed E-state index contributed by atoms with van der Waals surface area (Å²) in [6, 6.07) is 17.3. The highest BCUT2D eigenvalue weighted by Crippen LogP contribution is 2.45. The summed E-state index contributed by atoms with van der Waals surface area (Å²) in [5.41, 5.74) is 2.18. The Morgan fingerprint density at radius 3 is 2.60 bits per heavy atom. The third-order valence-corrected chi connectivity index (χ3v) is 5.82. The van der Waals surface area contributed by atoms with Crippen molar-refractivity contribution in [3.63, 3.8) is 0 Å². The lowest BCUT2D eigenvalue weighted by Crippen LogP contribution is -2.39. The van der Waals surface area contributed by atoms with E-state index >= 15 is 0 Å². The number of nitrogens with one attached hydrogen (secondary N) is 1. The highest BCUT2D eigenvalue weighted by molar-refractivity contribution is 5.96. The van der Waals surface area contributed by atoms with Crippen molar-refractivity contribution in [2.45, 2.75) is 31.8 Å². The van der Waals surface area contributed by atoms with Crippen LogP contribution in [-0.2, 0) is 12.1 Å². The molecular weight excluding hydrogens is 380 g/mol. The standard InChI is InChI=1S/C24H22N2O4/c1-16-9-12-26(14-17-7-8-19-20(13-17)30-15-29-19)23(28)21(16)22(27)25-24(10-11-24)18-5-3-2-4-6-18/h2-9,12-13H,10-11,14-15H2,1H3,(H,25,27). The quantitative estimate of drug-likeness (QED) is 0.711. The molecule has 3 aromatic rings. The Bertz CT molecular complexity index is 1180. The molecule has 0 radical (unpaired) electrons. The summed E-state index contributed by atoms with van der Waals surface area (Å²) in [7, 11) is 0. The normalized spacial score (nSPS) is 15.6. The Morgan fingerprint density at radius 1 is 1.07 bits per heavy atom. The highest BCUT2D eigenvalue weighted by Gasteiger charge is 2.46. The van der Waals surface area contributed by atoms with Crippen LogP contribution in [0.2, 0.25) is 0 Å². The summed E-state index contributed by atoms with van der Waals surface area (Å²) in [5.74, 6) is 1.05. The maximum Gasteiger partial charge on any atom is 0.263 e. The van der Waals surface area contributed by atoms with Gasteiger partial charge < -0.3 is 19.4 Å². The first-order chi connectivity index (χ1) is 14.6. The van der Waals surface area contributed by atoms with Gasteiger partial charge in [-0.1, -0.05) is 36.4 Å². The van der Waals surface area contributed by atoms with Gasteiger partial charge in [0.2, 0.25) is 6.79 Å². The fourth-order valence-corrected chi connectivity index (χ4v) is 3.95. The molecule has 1 amide bonds. The van der Waals surface area contributed by atoms with E-state index in [0.29, 0.717) is 23.6 Å². The van der Waals surface area contributed by atoms with Crippen molar-refractivity contribution >= 4 is 5.91 Å². The van der Waals surface area contributed by atoms with E-state index in [2.05, 4.69) is 5.32 Å². The number of hydrogen-bond acceptors (Lipinski definition) is 4. The predicted molar refractivity (Wildman–Crippen MR) is 112 cm³/mol. The number of rotatable bonds is 5. The third kappa shape index (κ3) is 3.24. The fraction of sp³-hybridized carbons (Fsp3) is 0.250. The first kappa shape index (κ1) is 18.5. The van der Waals surface area contributed by atoms with Gasteiger partial charge in [-0.2, -0.15) is 0 Å². The smallest absolute Gasteiger partial charge is 0.263 e. The van der Waals surface area contributed by atoms with Crippen LogP contribution in [0.3, 0.4) is 0 Å². The Balaban J connectivity index is 1.42. The van der Waals surface area contributed by atoms with Crippen LogP contribution in [0.25, 0.3) is 0 Å². The number of nitrogens with zero attached hydrogens (tertiary/aromatic N) is 1.